The Labute approximate surface area is 60.4 Å². The SMILES string of the molecule is N.O=C1CCCN1CCO. The van der Waals surface area contributed by atoms with Crippen molar-refractivity contribution in [1.82, 2.24) is 11.1 Å². The summed E-state index contributed by atoms with van der Waals surface area (Å²) < 4.78 is 0. The number of β-amino-alcohol motifs (C(OH)–C–C–N with tert-alkyl or cyclic N) is 1. The number of hydrogen-bond donors (Lipinski definition) is 2. The van der Waals surface area contributed by atoms with Crippen molar-refractivity contribution in [3.05, 3.63) is 0 Å². The van der Waals surface area contributed by atoms with Crippen LogP contribution in [0.1, 0.15) is 12.8 Å². The summed E-state index contributed by atoms with van der Waals surface area (Å²) in [4.78, 5) is 12.5. The molecular formula is C6H14N2O2. The van der Waals surface area contributed by atoms with Gasteiger partial charge in [0, 0.05) is 19.5 Å². The average Bonchev–Trinajstić information content (AvgIpc) is 2.18. The van der Waals surface area contributed by atoms with Crippen LogP contribution < -0.4 is 6.15 Å². The van der Waals surface area contributed by atoms with Gasteiger partial charge in [-0.15, -0.1) is 0 Å². The standard InChI is InChI=1S/C6H11NO2.H3N/c8-5-4-7-3-1-2-6(7)9;/h8H,1-5H2;1H3. The fraction of sp³-hybridized carbons (Fsp3) is 0.833. The van der Waals surface area contributed by atoms with Gasteiger partial charge < -0.3 is 16.2 Å². The normalized spacial score (nSPS) is 17.3. The zero-order valence-corrected chi connectivity index (χ0v) is 6.05. The molecule has 60 valence electrons. The van der Waals surface area contributed by atoms with E-state index in [1.807, 2.05) is 0 Å². The lowest BCUT2D eigenvalue weighted by atomic mass is 10.4. The number of nitrogens with zero attached hydrogens (tertiary/aromatic N) is 1. The number of likely N-dealkylation sites (tertiary alicyclic amines) is 1. The van der Waals surface area contributed by atoms with Gasteiger partial charge in [0.2, 0.25) is 5.91 Å². The van der Waals surface area contributed by atoms with Gasteiger partial charge in [-0.25, -0.2) is 0 Å². The van der Waals surface area contributed by atoms with Crippen molar-refractivity contribution in [2.45, 2.75) is 12.8 Å². The highest BCUT2D eigenvalue weighted by atomic mass is 16.3. The Hall–Kier alpha value is -0.610. The summed E-state index contributed by atoms with van der Waals surface area (Å²) in [6, 6.07) is 0. The van der Waals surface area contributed by atoms with Crippen LogP contribution in [0.15, 0.2) is 0 Å². The molecule has 0 aliphatic carbocycles. The molecule has 0 aromatic rings. The minimum absolute atomic E-state index is 0. The topological polar surface area (TPSA) is 75.5 Å². The number of aliphatic hydroxyl groups is 1. The fourth-order valence-electron chi connectivity index (χ4n) is 1.06. The summed E-state index contributed by atoms with van der Waals surface area (Å²) >= 11 is 0. The van der Waals surface area contributed by atoms with E-state index in [1.165, 1.54) is 0 Å². The smallest absolute Gasteiger partial charge is 0.222 e. The van der Waals surface area contributed by atoms with Crippen molar-refractivity contribution in [2.75, 3.05) is 19.7 Å². The predicted octanol–water partition coefficient (Wildman–Crippen LogP) is -0.237. The molecule has 1 aliphatic rings. The molecule has 4 N–H and O–H groups in total. The quantitative estimate of drug-likeness (QED) is 0.564. The van der Waals surface area contributed by atoms with Gasteiger partial charge >= 0.3 is 0 Å². The van der Waals surface area contributed by atoms with Gasteiger partial charge in [0.05, 0.1) is 6.61 Å². The first-order valence-corrected chi connectivity index (χ1v) is 3.23. The lowest BCUT2D eigenvalue weighted by Crippen LogP contribution is -2.27. The third-order valence-corrected chi connectivity index (χ3v) is 1.54. The molecule has 0 atom stereocenters. The van der Waals surface area contributed by atoms with E-state index in [2.05, 4.69) is 0 Å². The van der Waals surface area contributed by atoms with Crippen LogP contribution in [-0.2, 0) is 4.79 Å². The summed E-state index contributed by atoms with van der Waals surface area (Å²) in [5, 5.41) is 8.45. The molecule has 4 heteroatoms. The third kappa shape index (κ3) is 1.97. The molecule has 1 rings (SSSR count). The van der Waals surface area contributed by atoms with Crippen LogP contribution in [0.25, 0.3) is 0 Å². The first kappa shape index (κ1) is 9.39. The number of aliphatic hydroxyl groups excluding tert-OH is 1. The molecule has 0 radical (unpaired) electrons. The minimum Gasteiger partial charge on any atom is -0.395 e. The van der Waals surface area contributed by atoms with Crippen LogP contribution >= 0.6 is 0 Å². The molecule has 1 heterocycles. The molecule has 1 amide bonds. The molecule has 0 aromatic carbocycles. The maximum absolute atomic E-state index is 10.8. The van der Waals surface area contributed by atoms with E-state index in [1.54, 1.807) is 4.90 Å². The van der Waals surface area contributed by atoms with E-state index < -0.39 is 0 Å². The third-order valence-electron chi connectivity index (χ3n) is 1.54. The lowest BCUT2D eigenvalue weighted by molar-refractivity contribution is -0.128. The van der Waals surface area contributed by atoms with Crippen LogP contribution in [-0.4, -0.2) is 35.6 Å². The maximum atomic E-state index is 10.8. The van der Waals surface area contributed by atoms with Gasteiger partial charge in [-0.2, -0.15) is 0 Å². The van der Waals surface area contributed by atoms with Crippen molar-refractivity contribution in [3.8, 4) is 0 Å². The summed E-state index contributed by atoms with van der Waals surface area (Å²) in [6.45, 7) is 1.43. The van der Waals surface area contributed by atoms with Crippen molar-refractivity contribution >= 4 is 5.91 Å². The Balaban J connectivity index is 0.000000810. The first-order valence-electron chi connectivity index (χ1n) is 3.23. The summed E-state index contributed by atoms with van der Waals surface area (Å²) in [5.41, 5.74) is 0. The highest BCUT2D eigenvalue weighted by Crippen LogP contribution is 2.07. The van der Waals surface area contributed by atoms with Crippen molar-refractivity contribution in [2.24, 2.45) is 0 Å². The molecule has 1 saturated heterocycles. The number of rotatable bonds is 2. The van der Waals surface area contributed by atoms with E-state index in [0.717, 1.165) is 13.0 Å². The second-order valence-corrected chi connectivity index (χ2v) is 2.21. The van der Waals surface area contributed by atoms with E-state index in [-0.39, 0.29) is 18.7 Å². The van der Waals surface area contributed by atoms with Crippen LogP contribution in [0, 0.1) is 0 Å². The number of hydrogen-bond acceptors (Lipinski definition) is 3. The van der Waals surface area contributed by atoms with Crippen LogP contribution in [0.4, 0.5) is 0 Å². The first-order chi connectivity index (χ1) is 4.34. The zero-order chi connectivity index (χ0) is 6.69. The Kier molecular flexibility index (Phi) is 3.99. The highest BCUT2D eigenvalue weighted by Gasteiger charge is 2.18. The second kappa shape index (κ2) is 4.24. The molecule has 1 aliphatic heterocycles. The number of amides is 1. The Morgan fingerprint density at radius 2 is 2.30 bits per heavy atom. The molecule has 0 spiro atoms. The zero-order valence-electron chi connectivity index (χ0n) is 6.05. The Bertz CT molecular complexity index is 116. The van der Waals surface area contributed by atoms with Gasteiger partial charge in [0.15, 0.2) is 0 Å². The van der Waals surface area contributed by atoms with Crippen LogP contribution in [0.3, 0.4) is 0 Å². The van der Waals surface area contributed by atoms with Gasteiger partial charge in [0.1, 0.15) is 0 Å². The van der Waals surface area contributed by atoms with Gasteiger partial charge in [0.25, 0.3) is 0 Å². The van der Waals surface area contributed by atoms with Crippen molar-refractivity contribution in [1.29, 1.82) is 0 Å². The Morgan fingerprint density at radius 1 is 1.60 bits per heavy atom. The molecule has 0 saturated carbocycles. The van der Waals surface area contributed by atoms with Gasteiger partial charge in [-0.1, -0.05) is 0 Å². The predicted molar refractivity (Wildman–Crippen MR) is 37.9 cm³/mol. The molecule has 1 fully saturated rings. The molecule has 0 unspecified atom stereocenters. The van der Waals surface area contributed by atoms with Crippen molar-refractivity contribution in [3.63, 3.8) is 0 Å². The summed E-state index contributed by atoms with van der Waals surface area (Å²) in [5.74, 6) is 0.184. The highest BCUT2D eigenvalue weighted by molar-refractivity contribution is 5.77. The minimum atomic E-state index is 0. The Morgan fingerprint density at radius 3 is 2.70 bits per heavy atom. The monoisotopic (exact) mass is 146 g/mol. The van der Waals surface area contributed by atoms with E-state index in [4.69, 9.17) is 5.11 Å². The molecule has 10 heavy (non-hydrogen) atoms. The second-order valence-electron chi connectivity index (χ2n) is 2.21. The van der Waals surface area contributed by atoms with Crippen LogP contribution in [0.5, 0.6) is 0 Å². The molecule has 0 aromatic heterocycles. The number of carbonyl (C=O) groups is 1. The summed E-state index contributed by atoms with van der Waals surface area (Å²) in [6.07, 6.45) is 1.62. The molecular weight excluding hydrogens is 132 g/mol. The largest absolute Gasteiger partial charge is 0.395 e. The molecule has 0 bridgehead atoms. The van der Waals surface area contributed by atoms with Gasteiger partial charge in [-0.3, -0.25) is 4.79 Å². The summed E-state index contributed by atoms with van der Waals surface area (Å²) in [7, 11) is 0. The van der Waals surface area contributed by atoms with Gasteiger partial charge in [-0.05, 0) is 6.42 Å². The molecule has 4 nitrogen and oxygen atoms in total. The van der Waals surface area contributed by atoms with Crippen LogP contribution in [0.2, 0.25) is 0 Å². The maximum Gasteiger partial charge on any atom is 0.222 e. The van der Waals surface area contributed by atoms with Crippen molar-refractivity contribution < 1.29 is 9.90 Å². The lowest BCUT2D eigenvalue weighted by Gasteiger charge is -2.11. The van der Waals surface area contributed by atoms with E-state index in [9.17, 15) is 4.79 Å². The average molecular weight is 146 g/mol. The van der Waals surface area contributed by atoms with E-state index >= 15 is 0 Å². The number of carbonyl (C=O) groups excluding carboxylic acids is 1. The van der Waals surface area contributed by atoms with E-state index in [0.29, 0.717) is 13.0 Å². The fourth-order valence-corrected chi connectivity index (χ4v) is 1.06.